The number of hydrogen-bond donors (Lipinski definition) is 2. The summed E-state index contributed by atoms with van der Waals surface area (Å²) in [7, 11) is 0. The van der Waals surface area contributed by atoms with Crippen molar-refractivity contribution in [1.29, 1.82) is 0 Å². The molecule has 4 nitrogen and oxygen atoms in total. The molecular weight excluding hydrogens is 296 g/mol. The molecule has 116 valence electrons. The Morgan fingerprint density at radius 2 is 0.958 bits per heavy atom. The average Bonchev–Trinajstić information content (AvgIpc) is 3.35. The van der Waals surface area contributed by atoms with Crippen LogP contribution in [-0.4, -0.2) is 20.4 Å². The van der Waals surface area contributed by atoms with Crippen molar-refractivity contribution in [3.63, 3.8) is 0 Å². The van der Waals surface area contributed by atoms with Crippen LogP contribution in [0.15, 0.2) is 85.2 Å². The van der Waals surface area contributed by atoms with E-state index in [2.05, 4.69) is 44.7 Å². The van der Waals surface area contributed by atoms with Gasteiger partial charge in [0.2, 0.25) is 0 Å². The highest BCUT2D eigenvalue weighted by Gasteiger charge is 2.18. The number of hydrogen-bond acceptors (Lipinski definition) is 2. The van der Waals surface area contributed by atoms with Crippen LogP contribution in [0.3, 0.4) is 0 Å². The fourth-order valence-corrected chi connectivity index (χ4v) is 2.85. The second kappa shape index (κ2) is 6.38. The van der Waals surface area contributed by atoms with Gasteiger partial charge in [0.05, 0.1) is 11.4 Å². The van der Waals surface area contributed by atoms with E-state index in [1.165, 1.54) is 0 Å². The van der Waals surface area contributed by atoms with Gasteiger partial charge in [0.25, 0.3) is 0 Å². The van der Waals surface area contributed by atoms with Gasteiger partial charge >= 0.3 is 0 Å². The summed E-state index contributed by atoms with van der Waals surface area (Å²) < 4.78 is 0. The summed E-state index contributed by atoms with van der Waals surface area (Å²) in [5.74, 6) is 0. The molecule has 0 aliphatic heterocycles. The fraction of sp³-hybridized carbons (Fsp3) is 0. The van der Waals surface area contributed by atoms with Gasteiger partial charge < -0.3 is 0 Å². The highest BCUT2D eigenvalue weighted by molar-refractivity contribution is 6.02. The zero-order valence-corrected chi connectivity index (χ0v) is 13.0. The Morgan fingerprint density at radius 3 is 1.29 bits per heavy atom. The molecule has 0 atom stereocenters. The predicted molar refractivity (Wildman–Crippen MR) is 95.1 cm³/mol. The third-order valence-electron chi connectivity index (χ3n) is 3.89. The van der Waals surface area contributed by atoms with Gasteiger partial charge in [-0.15, -0.1) is 0 Å². The van der Waals surface area contributed by atoms with Gasteiger partial charge in [0.15, 0.2) is 0 Å². The van der Waals surface area contributed by atoms with Crippen molar-refractivity contribution >= 4 is 11.1 Å². The summed E-state index contributed by atoms with van der Waals surface area (Å²) in [5, 5.41) is 14.7. The van der Waals surface area contributed by atoms with Crippen LogP contribution >= 0.6 is 0 Å². The molecule has 0 aliphatic carbocycles. The van der Waals surface area contributed by atoms with E-state index in [9.17, 15) is 0 Å². The third-order valence-corrected chi connectivity index (χ3v) is 3.89. The van der Waals surface area contributed by atoms with Gasteiger partial charge in [-0.3, -0.25) is 10.2 Å². The lowest BCUT2D eigenvalue weighted by Gasteiger charge is -2.13. The highest BCUT2D eigenvalue weighted by atomic mass is 15.1. The Morgan fingerprint density at radius 1 is 0.542 bits per heavy atom. The van der Waals surface area contributed by atoms with E-state index in [4.69, 9.17) is 0 Å². The van der Waals surface area contributed by atoms with E-state index < -0.39 is 0 Å². The van der Waals surface area contributed by atoms with Crippen LogP contribution in [-0.2, 0) is 0 Å². The average molecular weight is 312 g/mol. The maximum absolute atomic E-state index is 4.43. The minimum atomic E-state index is 0.892. The number of H-pyrrole nitrogens is 2. The normalized spacial score (nSPS) is 12.0. The van der Waals surface area contributed by atoms with E-state index in [1.807, 2.05) is 60.9 Å². The Bertz CT molecular complexity index is 842. The number of aromatic nitrogens is 4. The first-order valence-corrected chi connectivity index (χ1v) is 7.79. The number of nitrogens with zero attached hydrogens (tertiary/aromatic N) is 2. The third kappa shape index (κ3) is 2.65. The molecule has 0 radical (unpaired) electrons. The first-order valence-electron chi connectivity index (χ1n) is 7.79. The molecule has 4 heteroatoms. The highest BCUT2D eigenvalue weighted by Crippen LogP contribution is 2.34. The molecule has 24 heavy (non-hydrogen) atoms. The van der Waals surface area contributed by atoms with Crippen LogP contribution in [0, 0.1) is 0 Å². The van der Waals surface area contributed by atoms with Crippen molar-refractivity contribution in [1.82, 2.24) is 20.4 Å². The van der Waals surface area contributed by atoms with Crippen LogP contribution in [0.2, 0.25) is 0 Å². The van der Waals surface area contributed by atoms with Crippen LogP contribution in [0.4, 0.5) is 0 Å². The second-order valence-corrected chi connectivity index (χ2v) is 5.40. The van der Waals surface area contributed by atoms with Gasteiger partial charge in [0.1, 0.15) is 0 Å². The van der Waals surface area contributed by atoms with Crippen LogP contribution < -0.4 is 0 Å². The molecule has 2 aromatic heterocycles. The van der Waals surface area contributed by atoms with Crippen molar-refractivity contribution in [2.24, 2.45) is 0 Å². The first-order chi connectivity index (χ1) is 11.9. The van der Waals surface area contributed by atoms with Gasteiger partial charge in [-0.05, 0) is 23.3 Å². The zero-order valence-electron chi connectivity index (χ0n) is 13.0. The fourth-order valence-electron chi connectivity index (χ4n) is 2.85. The molecule has 0 saturated carbocycles. The van der Waals surface area contributed by atoms with Crippen molar-refractivity contribution in [3.05, 3.63) is 108 Å². The standard InChI is InChI=1S/C20H16N4/c1-3-7-15(8-4-1)19(17-11-13-21-23-17)20(18-12-14-22-24-18)16-9-5-2-6-10-16/h1-14H,(H,21,23)(H,22,24). The second-order valence-electron chi connectivity index (χ2n) is 5.40. The number of rotatable bonds is 4. The van der Waals surface area contributed by atoms with Crippen molar-refractivity contribution in [2.75, 3.05) is 0 Å². The smallest absolute Gasteiger partial charge is 0.0933 e. The Balaban J connectivity index is 2.07. The molecule has 0 amide bonds. The molecule has 4 aromatic rings. The summed E-state index contributed by atoms with van der Waals surface area (Å²) in [4.78, 5) is 0. The monoisotopic (exact) mass is 312 g/mol. The number of nitrogens with one attached hydrogen (secondary N) is 2. The molecule has 0 unspecified atom stereocenters. The van der Waals surface area contributed by atoms with Crippen LogP contribution in [0.1, 0.15) is 22.5 Å². The van der Waals surface area contributed by atoms with E-state index in [0.717, 1.165) is 33.7 Å². The Hall–Kier alpha value is -3.40. The van der Waals surface area contributed by atoms with Crippen molar-refractivity contribution < 1.29 is 0 Å². The van der Waals surface area contributed by atoms with E-state index in [-0.39, 0.29) is 0 Å². The molecular formula is C20H16N4. The molecule has 0 bridgehead atoms. The van der Waals surface area contributed by atoms with E-state index in [1.54, 1.807) is 0 Å². The maximum Gasteiger partial charge on any atom is 0.0933 e. The quantitative estimate of drug-likeness (QED) is 0.556. The molecule has 0 aliphatic rings. The molecule has 2 heterocycles. The number of benzene rings is 2. The van der Waals surface area contributed by atoms with Gasteiger partial charge in [-0.25, -0.2) is 0 Å². The van der Waals surface area contributed by atoms with Crippen LogP contribution in [0.5, 0.6) is 0 Å². The summed E-state index contributed by atoms with van der Waals surface area (Å²) >= 11 is 0. The topological polar surface area (TPSA) is 57.4 Å². The Kier molecular flexibility index (Phi) is 3.78. The summed E-state index contributed by atoms with van der Waals surface area (Å²) in [6.07, 6.45) is 3.68. The van der Waals surface area contributed by atoms with Crippen molar-refractivity contribution in [3.8, 4) is 0 Å². The Labute approximate surface area is 139 Å². The van der Waals surface area contributed by atoms with Gasteiger partial charge in [-0.2, -0.15) is 10.2 Å². The SMILES string of the molecule is c1ccc(C(=C(c2ccccc2)c2cc[nH]n2)c2cc[nH]n2)cc1. The lowest BCUT2D eigenvalue weighted by atomic mass is 9.90. The summed E-state index contributed by atoms with van der Waals surface area (Å²) in [6, 6.07) is 24.5. The minimum Gasteiger partial charge on any atom is -0.285 e. The minimum absolute atomic E-state index is 0.892. The molecule has 4 rings (SSSR count). The molecule has 0 saturated heterocycles. The predicted octanol–water partition coefficient (Wildman–Crippen LogP) is 4.14. The van der Waals surface area contributed by atoms with Gasteiger partial charge in [0, 0.05) is 23.5 Å². The molecule has 2 aromatic carbocycles. The molecule has 2 N–H and O–H groups in total. The van der Waals surface area contributed by atoms with Crippen molar-refractivity contribution in [2.45, 2.75) is 0 Å². The lowest BCUT2D eigenvalue weighted by molar-refractivity contribution is 1.07. The van der Waals surface area contributed by atoms with Gasteiger partial charge in [-0.1, -0.05) is 60.7 Å². The van der Waals surface area contributed by atoms with Crippen LogP contribution in [0.25, 0.3) is 11.1 Å². The number of aromatic amines is 2. The van der Waals surface area contributed by atoms with E-state index >= 15 is 0 Å². The first kappa shape index (κ1) is 14.2. The van der Waals surface area contributed by atoms with E-state index in [0.29, 0.717) is 0 Å². The molecule has 0 spiro atoms. The maximum atomic E-state index is 4.43. The molecule has 0 fully saturated rings. The lowest BCUT2D eigenvalue weighted by Crippen LogP contribution is -1.98. The summed E-state index contributed by atoms with van der Waals surface area (Å²) in [5.41, 5.74) is 6.09. The summed E-state index contributed by atoms with van der Waals surface area (Å²) in [6.45, 7) is 0. The largest absolute Gasteiger partial charge is 0.285 e. The zero-order chi connectivity index (χ0) is 16.2.